The zero-order chi connectivity index (χ0) is 16.4. The van der Waals surface area contributed by atoms with Crippen molar-refractivity contribution >= 4 is 17.7 Å². The van der Waals surface area contributed by atoms with Crippen LogP contribution in [0.5, 0.6) is 0 Å². The largest absolute Gasteiger partial charge is 0.344 e. The molecule has 6 heteroatoms. The van der Waals surface area contributed by atoms with Crippen molar-refractivity contribution < 1.29 is 4.79 Å². The maximum atomic E-state index is 12.5. The van der Waals surface area contributed by atoms with Crippen LogP contribution < -0.4 is 5.32 Å². The molecule has 2 aromatic carbocycles. The lowest BCUT2D eigenvalue weighted by Crippen LogP contribution is -2.31. The van der Waals surface area contributed by atoms with Gasteiger partial charge in [-0.2, -0.15) is 9.90 Å². The standard InChI is InChI=1S/C18H16N4OS/c23-18(16-12-19-22(21-16)13-6-2-1-3-7-13)20-15-10-11-24-17-9-5-4-8-14(15)17/h1-9,12,15H,10-11H2,(H,20,23). The highest BCUT2D eigenvalue weighted by Crippen LogP contribution is 2.35. The van der Waals surface area contributed by atoms with Gasteiger partial charge < -0.3 is 5.32 Å². The van der Waals surface area contributed by atoms with Gasteiger partial charge in [-0.3, -0.25) is 4.79 Å². The molecule has 1 N–H and O–H groups in total. The molecule has 1 unspecified atom stereocenters. The van der Waals surface area contributed by atoms with Gasteiger partial charge in [0.2, 0.25) is 0 Å². The van der Waals surface area contributed by atoms with Crippen LogP contribution in [-0.2, 0) is 0 Å². The van der Waals surface area contributed by atoms with E-state index < -0.39 is 0 Å². The summed E-state index contributed by atoms with van der Waals surface area (Å²) in [7, 11) is 0. The highest BCUT2D eigenvalue weighted by atomic mass is 32.2. The first kappa shape index (κ1) is 15.0. The molecule has 0 fully saturated rings. The van der Waals surface area contributed by atoms with Crippen LogP contribution in [0, 0.1) is 0 Å². The zero-order valence-electron chi connectivity index (χ0n) is 12.9. The van der Waals surface area contributed by atoms with Crippen LogP contribution in [0.4, 0.5) is 0 Å². The van der Waals surface area contributed by atoms with Crippen LogP contribution in [0.2, 0.25) is 0 Å². The number of rotatable bonds is 3. The number of thioether (sulfide) groups is 1. The molecule has 1 atom stereocenters. The quantitative estimate of drug-likeness (QED) is 0.798. The van der Waals surface area contributed by atoms with E-state index in [0.717, 1.165) is 17.9 Å². The van der Waals surface area contributed by atoms with Crippen molar-refractivity contribution in [1.82, 2.24) is 20.3 Å². The van der Waals surface area contributed by atoms with E-state index >= 15 is 0 Å². The summed E-state index contributed by atoms with van der Waals surface area (Å²) in [6.45, 7) is 0. The number of aromatic nitrogens is 3. The molecule has 0 spiro atoms. The number of amides is 1. The minimum Gasteiger partial charge on any atom is -0.344 e. The lowest BCUT2D eigenvalue weighted by atomic mass is 10.0. The van der Waals surface area contributed by atoms with Crippen molar-refractivity contribution in [3.8, 4) is 5.69 Å². The van der Waals surface area contributed by atoms with E-state index in [2.05, 4.69) is 27.6 Å². The summed E-state index contributed by atoms with van der Waals surface area (Å²) < 4.78 is 0. The SMILES string of the molecule is O=C(NC1CCSc2ccccc21)c1cnn(-c2ccccc2)n1. The molecule has 24 heavy (non-hydrogen) atoms. The van der Waals surface area contributed by atoms with Crippen molar-refractivity contribution in [2.45, 2.75) is 17.4 Å². The van der Waals surface area contributed by atoms with Crippen LogP contribution in [0.3, 0.4) is 0 Å². The van der Waals surface area contributed by atoms with E-state index in [4.69, 9.17) is 0 Å². The fourth-order valence-corrected chi connectivity index (χ4v) is 3.90. The Morgan fingerprint density at radius 3 is 2.79 bits per heavy atom. The Balaban J connectivity index is 1.53. The number of carbonyl (C=O) groups excluding carboxylic acids is 1. The highest BCUT2D eigenvalue weighted by molar-refractivity contribution is 7.99. The van der Waals surface area contributed by atoms with Gasteiger partial charge in [0.1, 0.15) is 0 Å². The van der Waals surface area contributed by atoms with Crippen molar-refractivity contribution in [2.24, 2.45) is 0 Å². The van der Waals surface area contributed by atoms with Crippen LogP contribution in [0.1, 0.15) is 28.5 Å². The van der Waals surface area contributed by atoms with Crippen LogP contribution >= 0.6 is 11.8 Å². The second-order valence-corrected chi connectivity index (χ2v) is 6.69. The van der Waals surface area contributed by atoms with E-state index in [1.807, 2.05) is 54.2 Å². The van der Waals surface area contributed by atoms with E-state index in [1.54, 1.807) is 0 Å². The predicted molar refractivity (Wildman–Crippen MR) is 93.3 cm³/mol. The molecule has 0 aliphatic carbocycles. The maximum absolute atomic E-state index is 12.5. The van der Waals surface area contributed by atoms with E-state index in [1.165, 1.54) is 21.5 Å². The molecule has 1 aliphatic rings. The van der Waals surface area contributed by atoms with E-state index in [9.17, 15) is 4.79 Å². The topological polar surface area (TPSA) is 59.8 Å². The Labute approximate surface area is 144 Å². The van der Waals surface area contributed by atoms with Crippen molar-refractivity contribution in [2.75, 3.05) is 5.75 Å². The number of nitrogens with zero attached hydrogens (tertiary/aromatic N) is 3. The summed E-state index contributed by atoms with van der Waals surface area (Å²) in [5.74, 6) is 0.808. The number of fused-ring (bicyclic) bond motifs is 1. The average molecular weight is 336 g/mol. The van der Waals surface area contributed by atoms with Gasteiger partial charge in [-0.05, 0) is 30.2 Å². The minimum absolute atomic E-state index is 0.0248. The van der Waals surface area contributed by atoms with Gasteiger partial charge in [0.05, 0.1) is 17.9 Å². The monoisotopic (exact) mass is 336 g/mol. The Hall–Kier alpha value is -2.60. The normalized spacial score (nSPS) is 16.4. The number of para-hydroxylation sites is 1. The first-order valence-corrected chi connectivity index (χ1v) is 8.80. The van der Waals surface area contributed by atoms with Gasteiger partial charge in [0.25, 0.3) is 5.91 Å². The third-order valence-corrected chi connectivity index (χ3v) is 5.10. The Kier molecular flexibility index (Phi) is 4.04. The zero-order valence-corrected chi connectivity index (χ0v) is 13.7. The van der Waals surface area contributed by atoms with Gasteiger partial charge >= 0.3 is 0 Å². The smallest absolute Gasteiger partial charge is 0.273 e. The Bertz CT molecular complexity index is 862. The lowest BCUT2D eigenvalue weighted by Gasteiger charge is -2.25. The molecule has 0 bridgehead atoms. The number of nitrogens with one attached hydrogen (secondary N) is 1. The number of carbonyl (C=O) groups is 1. The van der Waals surface area contributed by atoms with Gasteiger partial charge in [-0.15, -0.1) is 16.9 Å². The molecule has 1 aliphatic heterocycles. The Morgan fingerprint density at radius 1 is 1.12 bits per heavy atom. The molecule has 0 radical (unpaired) electrons. The van der Waals surface area contributed by atoms with Crippen molar-refractivity contribution in [3.05, 3.63) is 72.1 Å². The van der Waals surface area contributed by atoms with E-state index in [-0.39, 0.29) is 11.9 Å². The van der Waals surface area contributed by atoms with Crippen LogP contribution in [0.15, 0.2) is 65.7 Å². The van der Waals surface area contributed by atoms with Gasteiger partial charge in [0, 0.05) is 10.6 Å². The third kappa shape index (κ3) is 2.92. The summed E-state index contributed by atoms with van der Waals surface area (Å²) in [6.07, 6.45) is 2.42. The van der Waals surface area contributed by atoms with Crippen LogP contribution in [-0.4, -0.2) is 26.7 Å². The second-order valence-electron chi connectivity index (χ2n) is 5.56. The first-order valence-electron chi connectivity index (χ1n) is 7.81. The second kappa shape index (κ2) is 6.49. The van der Waals surface area contributed by atoms with E-state index in [0.29, 0.717) is 5.69 Å². The molecular formula is C18H16N4OS. The summed E-state index contributed by atoms with van der Waals surface area (Å²) >= 11 is 1.83. The summed E-state index contributed by atoms with van der Waals surface area (Å²) in [5.41, 5.74) is 2.34. The van der Waals surface area contributed by atoms with Crippen molar-refractivity contribution in [1.29, 1.82) is 0 Å². The summed E-state index contributed by atoms with van der Waals surface area (Å²) in [5, 5.41) is 11.6. The third-order valence-electron chi connectivity index (χ3n) is 3.98. The fourth-order valence-electron chi connectivity index (χ4n) is 2.78. The highest BCUT2D eigenvalue weighted by Gasteiger charge is 2.23. The summed E-state index contributed by atoms with van der Waals surface area (Å²) in [4.78, 5) is 15.2. The van der Waals surface area contributed by atoms with Gasteiger partial charge in [-0.25, -0.2) is 0 Å². The lowest BCUT2D eigenvalue weighted by molar-refractivity contribution is 0.0929. The molecule has 0 saturated heterocycles. The first-order chi connectivity index (χ1) is 11.8. The number of hydrogen-bond acceptors (Lipinski definition) is 4. The maximum Gasteiger partial charge on any atom is 0.273 e. The molecule has 2 heterocycles. The fraction of sp³-hybridized carbons (Fsp3) is 0.167. The molecule has 1 aromatic heterocycles. The summed E-state index contributed by atoms with van der Waals surface area (Å²) in [6, 6.07) is 17.8. The molecular weight excluding hydrogens is 320 g/mol. The van der Waals surface area contributed by atoms with Gasteiger partial charge in [0.15, 0.2) is 5.69 Å². The van der Waals surface area contributed by atoms with Gasteiger partial charge in [-0.1, -0.05) is 36.4 Å². The molecule has 4 rings (SSSR count). The molecule has 5 nitrogen and oxygen atoms in total. The van der Waals surface area contributed by atoms with Crippen LogP contribution in [0.25, 0.3) is 5.69 Å². The minimum atomic E-state index is -0.191. The molecule has 120 valence electrons. The molecule has 0 saturated carbocycles. The average Bonchev–Trinajstić information content (AvgIpc) is 3.13. The predicted octanol–water partition coefficient (Wildman–Crippen LogP) is 3.23. The Morgan fingerprint density at radius 2 is 1.92 bits per heavy atom. The number of hydrogen-bond donors (Lipinski definition) is 1. The molecule has 3 aromatic rings. The molecule has 1 amide bonds. The van der Waals surface area contributed by atoms with Crippen molar-refractivity contribution in [3.63, 3.8) is 0 Å². The number of benzene rings is 2.